The fourth-order valence-electron chi connectivity index (χ4n) is 2.49. The molecular weight excluding hydrogens is 258 g/mol. The summed E-state index contributed by atoms with van der Waals surface area (Å²) in [5, 5.41) is 9.70. The molecule has 1 aromatic rings. The number of benzene rings is 1. The Hall–Kier alpha value is -1.59. The van der Waals surface area contributed by atoms with Crippen LogP contribution in [0.15, 0.2) is 24.3 Å². The summed E-state index contributed by atoms with van der Waals surface area (Å²) in [5.41, 5.74) is -0.274. The van der Waals surface area contributed by atoms with E-state index in [1.807, 2.05) is 36.1 Å². The van der Waals surface area contributed by atoms with Gasteiger partial charge in [-0.05, 0) is 31.5 Å². The molecule has 1 atom stereocenters. The zero-order valence-electron chi connectivity index (χ0n) is 12.0. The number of hydrogen-bond donors (Lipinski definition) is 1. The smallest absolute Gasteiger partial charge is 0.328 e. The van der Waals surface area contributed by atoms with E-state index < -0.39 is 11.5 Å². The highest BCUT2D eigenvalue weighted by molar-refractivity contribution is 5.80. The van der Waals surface area contributed by atoms with Crippen molar-refractivity contribution >= 4 is 5.97 Å². The fraction of sp³-hybridized carbons (Fsp3) is 0.533. The molecule has 0 bridgehead atoms. The number of morpholine rings is 1. The lowest BCUT2D eigenvalue weighted by molar-refractivity contribution is -0.154. The van der Waals surface area contributed by atoms with Gasteiger partial charge >= 0.3 is 5.97 Å². The fourth-order valence-corrected chi connectivity index (χ4v) is 2.49. The summed E-state index contributed by atoms with van der Waals surface area (Å²) in [6.45, 7) is 6.64. The molecule has 5 nitrogen and oxygen atoms in total. The minimum Gasteiger partial charge on any atom is -0.494 e. The summed E-state index contributed by atoms with van der Waals surface area (Å²) in [5.74, 6) is -0.0884. The zero-order valence-corrected chi connectivity index (χ0v) is 12.0. The monoisotopic (exact) mass is 279 g/mol. The highest BCUT2D eigenvalue weighted by Gasteiger charge is 2.41. The van der Waals surface area contributed by atoms with Gasteiger partial charge in [0.2, 0.25) is 0 Å². The number of nitrogens with zero attached hydrogens (tertiary/aromatic N) is 1. The number of ether oxygens (including phenoxy) is 2. The highest BCUT2D eigenvalue weighted by atomic mass is 16.5. The molecule has 1 fully saturated rings. The van der Waals surface area contributed by atoms with Crippen molar-refractivity contribution in [1.29, 1.82) is 0 Å². The Bertz CT molecular complexity index is 453. The number of aliphatic carboxylic acids is 1. The van der Waals surface area contributed by atoms with Gasteiger partial charge in [-0.15, -0.1) is 0 Å². The molecule has 0 saturated carbocycles. The zero-order chi connectivity index (χ0) is 14.6. The van der Waals surface area contributed by atoms with Gasteiger partial charge in [0.15, 0.2) is 0 Å². The first-order chi connectivity index (χ1) is 9.59. The topological polar surface area (TPSA) is 59.0 Å². The van der Waals surface area contributed by atoms with E-state index in [4.69, 9.17) is 9.47 Å². The molecule has 1 aromatic carbocycles. The van der Waals surface area contributed by atoms with Crippen LogP contribution in [0.1, 0.15) is 19.4 Å². The third-order valence-corrected chi connectivity index (χ3v) is 3.79. The van der Waals surface area contributed by atoms with Crippen molar-refractivity contribution in [3.63, 3.8) is 0 Å². The Kier molecular flexibility index (Phi) is 4.62. The van der Waals surface area contributed by atoms with Crippen LogP contribution in [0, 0.1) is 0 Å². The van der Waals surface area contributed by atoms with Crippen molar-refractivity contribution in [3.05, 3.63) is 29.8 Å². The molecule has 2 rings (SSSR count). The summed E-state index contributed by atoms with van der Waals surface area (Å²) in [4.78, 5) is 13.8. The lowest BCUT2D eigenvalue weighted by Gasteiger charge is -2.40. The van der Waals surface area contributed by atoms with Crippen LogP contribution in [0.3, 0.4) is 0 Å². The van der Waals surface area contributed by atoms with Gasteiger partial charge in [-0.3, -0.25) is 4.90 Å². The maximum atomic E-state index is 11.8. The first kappa shape index (κ1) is 14.8. The minimum atomic E-state index is -1.03. The van der Waals surface area contributed by atoms with Gasteiger partial charge < -0.3 is 14.6 Å². The SMILES string of the molecule is CCOc1ccc(C(C)(C(=O)O)N2CCOCC2)cc1. The summed E-state index contributed by atoms with van der Waals surface area (Å²) in [6, 6.07) is 7.30. The van der Waals surface area contributed by atoms with E-state index in [1.165, 1.54) is 0 Å². The van der Waals surface area contributed by atoms with Gasteiger partial charge in [0.25, 0.3) is 0 Å². The predicted octanol–water partition coefficient (Wildman–Crippen LogP) is 1.72. The van der Waals surface area contributed by atoms with Crippen LogP contribution in [0.2, 0.25) is 0 Å². The molecule has 1 saturated heterocycles. The van der Waals surface area contributed by atoms with E-state index in [-0.39, 0.29) is 0 Å². The number of carboxylic acids is 1. The number of carboxylic acid groups (broad SMARTS) is 1. The Labute approximate surface area is 119 Å². The van der Waals surface area contributed by atoms with Crippen LogP contribution >= 0.6 is 0 Å². The van der Waals surface area contributed by atoms with Gasteiger partial charge in [-0.2, -0.15) is 0 Å². The van der Waals surface area contributed by atoms with E-state index in [9.17, 15) is 9.90 Å². The van der Waals surface area contributed by atoms with Crippen molar-refractivity contribution in [3.8, 4) is 5.75 Å². The molecule has 0 radical (unpaired) electrons. The molecule has 0 amide bonds. The Morgan fingerprint density at radius 3 is 2.45 bits per heavy atom. The van der Waals surface area contributed by atoms with Crippen LogP contribution in [-0.4, -0.2) is 48.9 Å². The van der Waals surface area contributed by atoms with Gasteiger partial charge in [0.1, 0.15) is 11.3 Å². The lowest BCUT2D eigenvalue weighted by atomic mass is 9.89. The normalized spacial score (nSPS) is 19.3. The molecule has 1 aliphatic rings. The van der Waals surface area contributed by atoms with Crippen molar-refractivity contribution in [2.45, 2.75) is 19.4 Å². The van der Waals surface area contributed by atoms with E-state index in [2.05, 4.69) is 0 Å². The maximum Gasteiger partial charge on any atom is 0.328 e. The lowest BCUT2D eigenvalue weighted by Crippen LogP contribution is -2.54. The summed E-state index contributed by atoms with van der Waals surface area (Å²) >= 11 is 0. The second-order valence-corrected chi connectivity index (χ2v) is 4.93. The van der Waals surface area contributed by atoms with Crippen LogP contribution in [0.5, 0.6) is 5.75 Å². The first-order valence-electron chi connectivity index (χ1n) is 6.88. The third-order valence-electron chi connectivity index (χ3n) is 3.79. The van der Waals surface area contributed by atoms with Crippen LogP contribution in [-0.2, 0) is 15.1 Å². The average Bonchev–Trinajstić information content (AvgIpc) is 2.48. The predicted molar refractivity (Wildman–Crippen MR) is 75.0 cm³/mol. The van der Waals surface area contributed by atoms with Crippen molar-refractivity contribution in [1.82, 2.24) is 4.90 Å². The van der Waals surface area contributed by atoms with Crippen LogP contribution in [0.4, 0.5) is 0 Å². The first-order valence-corrected chi connectivity index (χ1v) is 6.88. The number of rotatable bonds is 5. The second kappa shape index (κ2) is 6.24. The Morgan fingerprint density at radius 2 is 1.95 bits per heavy atom. The maximum absolute atomic E-state index is 11.8. The molecule has 5 heteroatoms. The quantitative estimate of drug-likeness (QED) is 0.889. The second-order valence-electron chi connectivity index (χ2n) is 4.93. The van der Waals surface area contributed by atoms with Crippen molar-refractivity contribution in [2.24, 2.45) is 0 Å². The van der Waals surface area contributed by atoms with Gasteiger partial charge in [-0.1, -0.05) is 12.1 Å². The van der Waals surface area contributed by atoms with E-state index in [1.54, 1.807) is 6.92 Å². The van der Waals surface area contributed by atoms with Gasteiger partial charge in [0, 0.05) is 13.1 Å². The molecule has 110 valence electrons. The molecule has 0 aliphatic carbocycles. The third kappa shape index (κ3) is 2.78. The average molecular weight is 279 g/mol. The summed E-state index contributed by atoms with van der Waals surface area (Å²) in [7, 11) is 0. The van der Waals surface area contributed by atoms with E-state index in [0.717, 1.165) is 11.3 Å². The molecule has 1 N–H and O–H groups in total. The van der Waals surface area contributed by atoms with Crippen molar-refractivity contribution in [2.75, 3.05) is 32.9 Å². The van der Waals surface area contributed by atoms with Crippen LogP contribution < -0.4 is 4.74 Å². The minimum absolute atomic E-state index is 0.569. The van der Waals surface area contributed by atoms with Crippen LogP contribution in [0.25, 0.3) is 0 Å². The molecule has 1 unspecified atom stereocenters. The Balaban J connectivity index is 2.29. The largest absolute Gasteiger partial charge is 0.494 e. The molecule has 1 heterocycles. The highest BCUT2D eigenvalue weighted by Crippen LogP contribution is 2.30. The Morgan fingerprint density at radius 1 is 1.35 bits per heavy atom. The molecule has 20 heavy (non-hydrogen) atoms. The van der Waals surface area contributed by atoms with E-state index in [0.29, 0.717) is 32.9 Å². The molecule has 1 aliphatic heterocycles. The van der Waals surface area contributed by atoms with Gasteiger partial charge in [-0.25, -0.2) is 4.79 Å². The van der Waals surface area contributed by atoms with Gasteiger partial charge in [0.05, 0.1) is 19.8 Å². The molecule has 0 aromatic heterocycles. The summed E-state index contributed by atoms with van der Waals surface area (Å²) < 4.78 is 10.7. The number of carbonyl (C=O) groups is 1. The molecule has 0 spiro atoms. The van der Waals surface area contributed by atoms with E-state index >= 15 is 0 Å². The van der Waals surface area contributed by atoms with Crippen molar-refractivity contribution < 1.29 is 19.4 Å². The standard InChI is InChI=1S/C15H21NO4/c1-3-20-13-6-4-12(5-7-13)15(2,14(17)18)16-8-10-19-11-9-16/h4-7H,3,8-11H2,1-2H3,(H,17,18). The molecular formula is C15H21NO4. The summed E-state index contributed by atoms with van der Waals surface area (Å²) in [6.07, 6.45) is 0. The number of hydrogen-bond acceptors (Lipinski definition) is 4.